The molecule has 3 N–H and O–H groups in total. The van der Waals surface area contributed by atoms with Gasteiger partial charge in [-0.05, 0) is 23.8 Å². The molecule has 0 radical (unpaired) electrons. The van der Waals surface area contributed by atoms with Gasteiger partial charge >= 0.3 is 0 Å². The Bertz CT molecular complexity index is 497. The number of halogens is 1. The smallest absolute Gasteiger partial charge is 0.172 e. The highest BCUT2D eigenvalue weighted by atomic mass is 19.1. The monoisotopic (exact) mass is 203 g/mol. The Balaban J connectivity index is 2.59. The number of benzene rings is 2. The Kier molecular flexibility index (Phi) is 2.29. The molecule has 0 saturated carbocycles. The summed E-state index contributed by atoms with van der Waals surface area (Å²) in [6.45, 7) is 0. The lowest BCUT2D eigenvalue weighted by molar-refractivity contribution is 0.433. The van der Waals surface area contributed by atoms with E-state index in [0.29, 0.717) is 16.8 Å². The first-order valence-electron chi connectivity index (χ1n) is 4.52. The summed E-state index contributed by atoms with van der Waals surface area (Å²) in [4.78, 5) is 0. The predicted octanol–water partition coefficient (Wildman–Crippen LogP) is 2.78. The SMILES string of the molecule is Nc1cccc(-c2cccc(O)c2F)c1. The lowest BCUT2D eigenvalue weighted by Gasteiger charge is -2.05. The molecule has 0 amide bonds. The summed E-state index contributed by atoms with van der Waals surface area (Å²) in [6, 6.07) is 11.4. The molecule has 3 heteroatoms. The van der Waals surface area contributed by atoms with Crippen molar-refractivity contribution in [1.82, 2.24) is 0 Å². The van der Waals surface area contributed by atoms with Crippen LogP contribution in [0.3, 0.4) is 0 Å². The van der Waals surface area contributed by atoms with Gasteiger partial charge in [0.25, 0.3) is 0 Å². The highest BCUT2D eigenvalue weighted by Crippen LogP contribution is 2.28. The van der Waals surface area contributed by atoms with Crippen LogP contribution in [0.4, 0.5) is 10.1 Å². The topological polar surface area (TPSA) is 46.2 Å². The Hall–Kier alpha value is -2.03. The van der Waals surface area contributed by atoms with E-state index in [1.165, 1.54) is 6.07 Å². The van der Waals surface area contributed by atoms with Crippen molar-refractivity contribution < 1.29 is 9.50 Å². The minimum atomic E-state index is -0.622. The lowest BCUT2D eigenvalue weighted by Crippen LogP contribution is -1.88. The van der Waals surface area contributed by atoms with Gasteiger partial charge in [-0.15, -0.1) is 0 Å². The van der Waals surface area contributed by atoms with Crippen molar-refractivity contribution in [2.24, 2.45) is 0 Å². The van der Waals surface area contributed by atoms with Crippen LogP contribution in [0, 0.1) is 5.82 Å². The highest BCUT2D eigenvalue weighted by molar-refractivity contribution is 5.69. The third kappa shape index (κ3) is 1.76. The Morgan fingerprint density at radius 1 is 1.07 bits per heavy atom. The van der Waals surface area contributed by atoms with Crippen molar-refractivity contribution in [2.75, 3.05) is 5.73 Å². The Morgan fingerprint density at radius 2 is 1.80 bits per heavy atom. The number of aromatic hydroxyl groups is 1. The van der Waals surface area contributed by atoms with Gasteiger partial charge < -0.3 is 10.8 Å². The van der Waals surface area contributed by atoms with Gasteiger partial charge in [-0.3, -0.25) is 0 Å². The van der Waals surface area contributed by atoms with Gasteiger partial charge in [0.15, 0.2) is 11.6 Å². The molecular formula is C12H10FNO. The average molecular weight is 203 g/mol. The second-order valence-corrected chi connectivity index (χ2v) is 3.26. The third-order valence-corrected chi connectivity index (χ3v) is 2.18. The summed E-state index contributed by atoms with van der Waals surface area (Å²) >= 11 is 0. The Morgan fingerprint density at radius 3 is 2.53 bits per heavy atom. The van der Waals surface area contributed by atoms with Crippen LogP contribution in [-0.4, -0.2) is 5.11 Å². The second kappa shape index (κ2) is 3.61. The van der Waals surface area contributed by atoms with Gasteiger partial charge in [0, 0.05) is 11.3 Å². The van der Waals surface area contributed by atoms with E-state index in [0.717, 1.165) is 0 Å². The molecule has 0 aliphatic heterocycles. The van der Waals surface area contributed by atoms with E-state index in [1.807, 2.05) is 0 Å². The van der Waals surface area contributed by atoms with Gasteiger partial charge in [0.2, 0.25) is 0 Å². The summed E-state index contributed by atoms with van der Waals surface area (Å²) in [5.41, 5.74) is 7.17. The number of anilines is 1. The fourth-order valence-corrected chi connectivity index (χ4v) is 1.45. The number of nitrogen functional groups attached to an aromatic ring is 1. The first kappa shape index (κ1) is 9.52. The first-order valence-corrected chi connectivity index (χ1v) is 4.52. The normalized spacial score (nSPS) is 10.2. The van der Waals surface area contributed by atoms with E-state index in [2.05, 4.69) is 0 Å². The molecule has 0 unspecified atom stereocenters. The number of phenolic OH excluding ortho intramolecular Hbond substituents is 1. The van der Waals surface area contributed by atoms with Crippen LogP contribution in [0.2, 0.25) is 0 Å². The van der Waals surface area contributed by atoms with E-state index in [-0.39, 0.29) is 5.75 Å². The molecule has 2 aromatic carbocycles. The van der Waals surface area contributed by atoms with Crippen LogP contribution >= 0.6 is 0 Å². The van der Waals surface area contributed by atoms with Gasteiger partial charge in [-0.2, -0.15) is 0 Å². The summed E-state index contributed by atoms with van der Waals surface area (Å²) in [5, 5.41) is 9.22. The zero-order chi connectivity index (χ0) is 10.8. The van der Waals surface area contributed by atoms with Crippen molar-refractivity contribution in [2.45, 2.75) is 0 Å². The maximum absolute atomic E-state index is 13.5. The van der Waals surface area contributed by atoms with E-state index in [1.54, 1.807) is 36.4 Å². The minimum absolute atomic E-state index is 0.349. The fourth-order valence-electron chi connectivity index (χ4n) is 1.45. The van der Waals surface area contributed by atoms with Crippen LogP contribution in [0.25, 0.3) is 11.1 Å². The largest absolute Gasteiger partial charge is 0.505 e. The molecular weight excluding hydrogens is 193 g/mol. The molecule has 0 aliphatic carbocycles. The summed E-state index contributed by atoms with van der Waals surface area (Å²) < 4.78 is 13.5. The maximum atomic E-state index is 13.5. The number of hydrogen-bond donors (Lipinski definition) is 2. The molecule has 0 bridgehead atoms. The fraction of sp³-hybridized carbons (Fsp3) is 0. The molecule has 76 valence electrons. The molecule has 0 fully saturated rings. The molecule has 2 nitrogen and oxygen atoms in total. The molecule has 0 aromatic heterocycles. The molecule has 2 aromatic rings. The van der Waals surface area contributed by atoms with Gasteiger partial charge in [0.05, 0.1) is 0 Å². The lowest BCUT2D eigenvalue weighted by atomic mass is 10.0. The number of nitrogens with two attached hydrogens (primary N) is 1. The quantitative estimate of drug-likeness (QED) is 0.700. The molecule has 0 aliphatic rings. The van der Waals surface area contributed by atoms with E-state index in [9.17, 15) is 9.50 Å². The number of hydrogen-bond acceptors (Lipinski definition) is 2. The second-order valence-electron chi connectivity index (χ2n) is 3.26. The van der Waals surface area contributed by atoms with Crippen molar-refractivity contribution in [3.05, 3.63) is 48.3 Å². The van der Waals surface area contributed by atoms with E-state index < -0.39 is 5.82 Å². The van der Waals surface area contributed by atoms with Gasteiger partial charge in [-0.1, -0.05) is 24.3 Å². The van der Waals surface area contributed by atoms with E-state index >= 15 is 0 Å². The van der Waals surface area contributed by atoms with Crippen LogP contribution in [0.5, 0.6) is 5.75 Å². The van der Waals surface area contributed by atoms with Crippen molar-refractivity contribution in [3.63, 3.8) is 0 Å². The molecule has 0 spiro atoms. The molecule has 15 heavy (non-hydrogen) atoms. The summed E-state index contributed by atoms with van der Waals surface area (Å²) in [7, 11) is 0. The summed E-state index contributed by atoms with van der Waals surface area (Å²) in [6.07, 6.45) is 0. The zero-order valence-electron chi connectivity index (χ0n) is 7.94. The van der Waals surface area contributed by atoms with E-state index in [4.69, 9.17) is 5.73 Å². The first-order chi connectivity index (χ1) is 7.18. The molecule has 0 atom stereocenters. The van der Waals surface area contributed by atoms with Crippen LogP contribution in [0.1, 0.15) is 0 Å². The van der Waals surface area contributed by atoms with Crippen molar-refractivity contribution >= 4 is 5.69 Å². The average Bonchev–Trinajstić information content (AvgIpc) is 2.22. The number of rotatable bonds is 1. The standard InChI is InChI=1S/C12H10FNO/c13-12-10(5-2-6-11(12)15)8-3-1-4-9(14)7-8/h1-7,15H,14H2. The number of phenols is 1. The summed E-state index contributed by atoms with van der Waals surface area (Å²) in [5.74, 6) is -0.974. The van der Waals surface area contributed by atoms with Gasteiger partial charge in [-0.25, -0.2) is 4.39 Å². The van der Waals surface area contributed by atoms with Crippen LogP contribution in [-0.2, 0) is 0 Å². The molecule has 2 rings (SSSR count). The van der Waals surface area contributed by atoms with Gasteiger partial charge in [0.1, 0.15) is 0 Å². The maximum Gasteiger partial charge on any atom is 0.172 e. The zero-order valence-corrected chi connectivity index (χ0v) is 7.94. The predicted molar refractivity (Wildman–Crippen MR) is 57.9 cm³/mol. The Labute approximate surface area is 86.8 Å². The van der Waals surface area contributed by atoms with Crippen molar-refractivity contribution in [3.8, 4) is 16.9 Å². The molecule has 0 heterocycles. The molecule has 0 saturated heterocycles. The third-order valence-electron chi connectivity index (χ3n) is 2.18. The highest BCUT2D eigenvalue weighted by Gasteiger charge is 2.08. The minimum Gasteiger partial charge on any atom is -0.505 e. The van der Waals surface area contributed by atoms with Crippen LogP contribution < -0.4 is 5.73 Å². The van der Waals surface area contributed by atoms with Crippen molar-refractivity contribution in [1.29, 1.82) is 0 Å². The van der Waals surface area contributed by atoms with Crippen LogP contribution in [0.15, 0.2) is 42.5 Å².